The third kappa shape index (κ3) is 4.11. The van der Waals surface area contributed by atoms with Gasteiger partial charge in [-0.15, -0.1) is 0 Å². The molecule has 2 aromatic rings. The molecule has 2 aromatic carbocycles. The fourth-order valence-electron chi connectivity index (χ4n) is 2.76. The van der Waals surface area contributed by atoms with E-state index in [4.69, 9.17) is 4.74 Å². The van der Waals surface area contributed by atoms with Gasteiger partial charge in [0.05, 0.1) is 6.61 Å². The van der Waals surface area contributed by atoms with Gasteiger partial charge in [0, 0.05) is 11.0 Å². The van der Waals surface area contributed by atoms with Crippen LogP contribution in [-0.4, -0.2) is 18.2 Å². The zero-order valence-corrected chi connectivity index (χ0v) is 16.1. The van der Waals surface area contributed by atoms with E-state index in [9.17, 15) is 9.36 Å². The largest absolute Gasteiger partial charge is 0.462 e. The van der Waals surface area contributed by atoms with Crippen LogP contribution in [0.25, 0.3) is 6.08 Å². The molecule has 2 rings (SSSR count). The Bertz CT molecular complexity index is 807. The Labute approximate surface area is 150 Å². The van der Waals surface area contributed by atoms with Gasteiger partial charge >= 0.3 is 5.97 Å². The van der Waals surface area contributed by atoms with Gasteiger partial charge in [0.25, 0.3) is 0 Å². The van der Waals surface area contributed by atoms with Gasteiger partial charge in [-0.05, 0) is 31.1 Å². The van der Waals surface area contributed by atoms with Gasteiger partial charge in [-0.1, -0.05) is 68.4 Å². The van der Waals surface area contributed by atoms with Crippen molar-refractivity contribution in [2.45, 2.75) is 33.4 Å². The maximum absolute atomic E-state index is 14.1. The van der Waals surface area contributed by atoms with Crippen LogP contribution in [-0.2, 0) is 14.1 Å². The molecular formula is C21H25O3P. The normalized spacial score (nSPS) is 14.2. The van der Waals surface area contributed by atoms with Crippen LogP contribution in [0.1, 0.15) is 31.9 Å². The van der Waals surface area contributed by atoms with E-state index in [1.54, 1.807) is 13.0 Å². The highest BCUT2D eigenvalue weighted by molar-refractivity contribution is 7.77. The number of hydrogen-bond donors (Lipinski definition) is 0. The molecule has 0 fully saturated rings. The molecule has 132 valence electrons. The molecule has 0 aliphatic carbocycles. The Balaban J connectivity index is 2.71. The molecule has 0 saturated heterocycles. The van der Waals surface area contributed by atoms with Crippen LogP contribution in [0.4, 0.5) is 0 Å². The lowest BCUT2D eigenvalue weighted by Gasteiger charge is -2.24. The van der Waals surface area contributed by atoms with Gasteiger partial charge in [-0.25, -0.2) is 4.79 Å². The first-order valence-electron chi connectivity index (χ1n) is 8.51. The molecular weight excluding hydrogens is 331 g/mol. The molecule has 3 nitrogen and oxygen atoms in total. The number of benzene rings is 2. The average molecular weight is 356 g/mol. The summed E-state index contributed by atoms with van der Waals surface area (Å²) in [6.45, 7) is 7.75. The smallest absolute Gasteiger partial charge is 0.342 e. The molecule has 0 saturated carbocycles. The van der Waals surface area contributed by atoms with Crippen LogP contribution in [0, 0.1) is 6.92 Å². The summed E-state index contributed by atoms with van der Waals surface area (Å²) in [5.41, 5.74) is 1.68. The van der Waals surface area contributed by atoms with E-state index < -0.39 is 13.1 Å². The molecule has 0 radical (unpaired) electrons. The summed E-state index contributed by atoms with van der Waals surface area (Å²) in [5, 5.41) is 0.933. The number of esters is 1. The first-order chi connectivity index (χ1) is 11.9. The summed E-state index contributed by atoms with van der Waals surface area (Å²) < 4.78 is 19.3. The van der Waals surface area contributed by atoms with E-state index in [1.165, 1.54) is 0 Å². The summed E-state index contributed by atoms with van der Waals surface area (Å²) in [6.07, 6.45) is 1.74. The number of ether oxygens (including phenoxy) is 1. The molecule has 0 amide bonds. The Morgan fingerprint density at radius 1 is 1.08 bits per heavy atom. The predicted molar refractivity (Wildman–Crippen MR) is 105 cm³/mol. The summed E-state index contributed by atoms with van der Waals surface area (Å²) >= 11 is 0. The van der Waals surface area contributed by atoms with Crippen molar-refractivity contribution in [2.75, 3.05) is 6.61 Å². The number of carbonyl (C=O) groups excluding carboxylic acids is 1. The fraction of sp³-hybridized carbons (Fsp3) is 0.286. The second kappa shape index (κ2) is 8.31. The predicted octanol–water partition coefficient (Wildman–Crippen LogP) is 5.00. The van der Waals surface area contributed by atoms with Crippen molar-refractivity contribution in [2.24, 2.45) is 0 Å². The minimum absolute atomic E-state index is 0.213. The summed E-state index contributed by atoms with van der Waals surface area (Å²) in [7, 11) is -3.14. The van der Waals surface area contributed by atoms with Crippen LogP contribution < -0.4 is 5.30 Å². The van der Waals surface area contributed by atoms with Gasteiger partial charge in [0.15, 0.2) is 7.14 Å². The lowest BCUT2D eigenvalue weighted by molar-refractivity contribution is -0.137. The van der Waals surface area contributed by atoms with Gasteiger partial charge in [0.2, 0.25) is 0 Å². The third-order valence-corrected chi connectivity index (χ3v) is 7.74. The molecule has 4 heteroatoms. The quantitative estimate of drug-likeness (QED) is 0.416. The van der Waals surface area contributed by atoms with E-state index in [0.29, 0.717) is 5.30 Å². The Hall–Kier alpha value is -2.12. The van der Waals surface area contributed by atoms with E-state index >= 15 is 0 Å². The van der Waals surface area contributed by atoms with Crippen molar-refractivity contribution in [3.05, 3.63) is 71.0 Å². The zero-order valence-electron chi connectivity index (χ0n) is 15.2. The van der Waals surface area contributed by atoms with Crippen molar-refractivity contribution in [3.63, 3.8) is 0 Å². The van der Waals surface area contributed by atoms with E-state index in [2.05, 4.69) is 0 Å². The first-order valence-corrected chi connectivity index (χ1v) is 10.3. The van der Waals surface area contributed by atoms with Crippen molar-refractivity contribution in [1.29, 1.82) is 0 Å². The summed E-state index contributed by atoms with van der Waals surface area (Å²) in [6, 6.07) is 17.0. The van der Waals surface area contributed by atoms with Gasteiger partial charge in [0.1, 0.15) is 5.31 Å². The molecule has 1 atom stereocenters. The topological polar surface area (TPSA) is 43.4 Å². The fourth-order valence-corrected chi connectivity index (χ4v) is 5.47. The maximum Gasteiger partial charge on any atom is 0.342 e. The molecule has 0 aliphatic rings. The number of aryl methyl sites for hydroxylation is 1. The molecule has 0 bridgehead atoms. The first kappa shape index (κ1) is 19.2. The lowest BCUT2D eigenvalue weighted by Crippen LogP contribution is -2.20. The second-order valence-corrected chi connectivity index (χ2v) is 9.54. The van der Waals surface area contributed by atoms with Crippen molar-refractivity contribution in [1.82, 2.24) is 0 Å². The summed E-state index contributed by atoms with van der Waals surface area (Å²) in [5.74, 6) is -0.508. The van der Waals surface area contributed by atoms with E-state index in [1.807, 2.05) is 75.4 Å². The highest BCUT2D eigenvalue weighted by atomic mass is 31.2. The zero-order chi connectivity index (χ0) is 18.4. The van der Waals surface area contributed by atoms with Gasteiger partial charge < -0.3 is 9.30 Å². The third-order valence-electron chi connectivity index (χ3n) is 4.19. The number of rotatable bonds is 6. The van der Waals surface area contributed by atoms with E-state index in [-0.39, 0.29) is 17.6 Å². The van der Waals surface area contributed by atoms with E-state index in [0.717, 1.165) is 11.1 Å². The minimum atomic E-state index is -3.14. The molecule has 25 heavy (non-hydrogen) atoms. The maximum atomic E-state index is 14.1. The van der Waals surface area contributed by atoms with Crippen LogP contribution in [0.5, 0.6) is 0 Å². The SMILES string of the molecule is CCOC(=O)/C(=C\c1ccccc1C)[P@](=O)(c1ccccc1)C(C)C. The van der Waals surface area contributed by atoms with Crippen LogP contribution in [0.15, 0.2) is 59.9 Å². The average Bonchev–Trinajstić information content (AvgIpc) is 2.61. The molecule has 0 aliphatic heterocycles. The number of hydrogen-bond acceptors (Lipinski definition) is 3. The lowest BCUT2D eigenvalue weighted by atomic mass is 10.1. The van der Waals surface area contributed by atoms with Gasteiger partial charge in [-0.3, -0.25) is 0 Å². The summed E-state index contributed by atoms with van der Waals surface area (Å²) in [4.78, 5) is 12.7. The van der Waals surface area contributed by atoms with Crippen molar-refractivity contribution >= 4 is 24.5 Å². The van der Waals surface area contributed by atoms with Crippen LogP contribution in [0.3, 0.4) is 0 Å². The Morgan fingerprint density at radius 2 is 1.68 bits per heavy atom. The van der Waals surface area contributed by atoms with Crippen molar-refractivity contribution < 1.29 is 14.1 Å². The van der Waals surface area contributed by atoms with Crippen LogP contribution >= 0.6 is 7.14 Å². The molecule has 0 aromatic heterocycles. The molecule has 0 heterocycles. The van der Waals surface area contributed by atoms with Gasteiger partial charge in [-0.2, -0.15) is 0 Å². The van der Waals surface area contributed by atoms with Crippen molar-refractivity contribution in [3.8, 4) is 0 Å². The second-order valence-electron chi connectivity index (χ2n) is 6.19. The molecule has 0 unspecified atom stereocenters. The highest BCUT2D eigenvalue weighted by Gasteiger charge is 2.38. The standard InChI is InChI=1S/C21H25O3P/c1-5-24-21(22)20(15-18-12-10-9-11-17(18)4)25(23,16(2)3)19-13-7-6-8-14-19/h6-16H,5H2,1-4H3/b20-15+/t25-/m1/s1. The Morgan fingerprint density at radius 3 is 2.24 bits per heavy atom. The monoisotopic (exact) mass is 356 g/mol. The minimum Gasteiger partial charge on any atom is -0.462 e. The highest BCUT2D eigenvalue weighted by Crippen LogP contribution is 2.57. The molecule has 0 N–H and O–H groups in total. The van der Waals surface area contributed by atoms with Crippen LogP contribution in [0.2, 0.25) is 0 Å². The number of carbonyl (C=O) groups is 1. The molecule has 0 spiro atoms. The Kier molecular flexibility index (Phi) is 6.39.